The molecule has 6 nitrogen and oxygen atoms in total. The molecule has 1 aromatic heterocycles. The molecule has 0 fully saturated rings. The maximum atomic E-state index is 13.7. The third kappa shape index (κ3) is 6.23. The summed E-state index contributed by atoms with van der Waals surface area (Å²) in [6.07, 6.45) is 1.78. The number of hydrogen-bond acceptors (Lipinski definition) is 5. The molecule has 1 N–H and O–H groups in total. The summed E-state index contributed by atoms with van der Waals surface area (Å²) < 4.78 is 21.6. The zero-order chi connectivity index (χ0) is 22.9. The second-order valence-electron chi connectivity index (χ2n) is 7.12. The number of nitrogens with one attached hydrogen (secondary N) is 1. The Morgan fingerprint density at radius 3 is 2.59 bits per heavy atom. The number of rotatable bonds is 11. The van der Waals surface area contributed by atoms with Gasteiger partial charge in [0.1, 0.15) is 18.2 Å². The summed E-state index contributed by atoms with van der Waals surface area (Å²) >= 11 is 7.48. The maximum Gasteiger partial charge on any atom is 0.230 e. The third-order valence-electron chi connectivity index (χ3n) is 5.00. The van der Waals surface area contributed by atoms with E-state index in [1.807, 2.05) is 16.7 Å². The van der Waals surface area contributed by atoms with E-state index in [1.165, 1.54) is 17.8 Å². The molecule has 0 saturated carbocycles. The fourth-order valence-corrected chi connectivity index (χ4v) is 4.29. The minimum absolute atomic E-state index is 0.141. The van der Waals surface area contributed by atoms with Gasteiger partial charge in [-0.1, -0.05) is 67.5 Å². The molecule has 2 aromatic carbocycles. The Morgan fingerprint density at radius 2 is 1.88 bits per heavy atom. The van der Waals surface area contributed by atoms with Crippen molar-refractivity contribution in [3.05, 3.63) is 70.8 Å². The lowest BCUT2D eigenvalue weighted by atomic mass is 10.2. The van der Waals surface area contributed by atoms with E-state index >= 15 is 0 Å². The molecule has 0 unspecified atom stereocenters. The Bertz CT molecular complexity index is 1040. The van der Waals surface area contributed by atoms with Gasteiger partial charge < -0.3 is 14.6 Å². The van der Waals surface area contributed by atoms with Crippen LogP contribution in [0, 0.1) is 5.82 Å². The van der Waals surface area contributed by atoms with E-state index in [1.54, 1.807) is 30.3 Å². The highest BCUT2D eigenvalue weighted by atomic mass is 35.5. The van der Waals surface area contributed by atoms with Crippen molar-refractivity contribution in [1.82, 2.24) is 20.1 Å². The van der Waals surface area contributed by atoms with Crippen LogP contribution in [-0.4, -0.2) is 26.4 Å². The maximum absolute atomic E-state index is 13.7. The molecule has 32 heavy (non-hydrogen) atoms. The molecule has 0 spiro atoms. The van der Waals surface area contributed by atoms with Gasteiger partial charge in [-0.05, 0) is 31.0 Å². The molecular weight excluding hydrogens is 451 g/mol. The first-order valence-electron chi connectivity index (χ1n) is 10.5. The summed E-state index contributed by atoms with van der Waals surface area (Å²) in [4.78, 5) is 12.3. The lowest BCUT2D eigenvalue weighted by Crippen LogP contribution is -2.25. The van der Waals surface area contributed by atoms with E-state index in [4.69, 9.17) is 16.3 Å². The molecule has 3 rings (SSSR count). The SMILES string of the molecule is CCC(CC)n1c(COc2ccccc2Cl)nnc1SCC(=O)NCc1ccccc1F. The van der Waals surface area contributed by atoms with E-state index in [2.05, 4.69) is 29.4 Å². The smallest absolute Gasteiger partial charge is 0.230 e. The van der Waals surface area contributed by atoms with Crippen molar-refractivity contribution >= 4 is 29.3 Å². The van der Waals surface area contributed by atoms with E-state index in [0.717, 1.165) is 12.8 Å². The van der Waals surface area contributed by atoms with Crippen molar-refractivity contribution < 1.29 is 13.9 Å². The standard InChI is InChI=1S/C23H26ClFN4O2S/c1-3-17(4-2)29-21(14-31-20-12-8-6-10-18(20)24)27-28-23(29)32-15-22(30)26-13-16-9-5-7-11-19(16)25/h5-12,17H,3-4,13-15H2,1-2H3,(H,26,30). The Morgan fingerprint density at radius 1 is 1.16 bits per heavy atom. The number of ether oxygens (including phenoxy) is 1. The van der Waals surface area contributed by atoms with Crippen molar-refractivity contribution in [1.29, 1.82) is 0 Å². The highest BCUT2D eigenvalue weighted by molar-refractivity contribution is 7.99. The minimum atomic E-state index is -0.336. The largest absolute Gasteiger partial charge is 0.484 e. The van der Waals surface area contributed by atoms with E-state index in [9.17, 15) is 9.18 Å². The molecular formula is C23H26ClFN4O2S. The van der Waals surface area contributed by atoms with Crippen LogP contribution in [0.3, 0.4) is 0 Å². The fourth-order valence-electron chi connectivity index (χ4n) is 3.25. The normalized spacial score (nSPS) is 11.0. The van der Waals surface area contributed by atoms with Gasteiger partial charge >= 0.3 is 0 Å². The summed E-state index contributed by atoms with van der Waals surface area (Å²) in [5, 5.41) is 12.5. The molecule has 0 bridgehead atoms. The predicted octanol–water partition coefficient (Wildman–Crippen LogP) is 5.42. The average Bonchev–Trinajstić information content (AvgIpc) is 3.20. The Hall–Kier alpha value is -2.58. The molecule has 0 aliphatic rings. The second-order valence-corrected chi connectivity index (χ2v) is 8.46. The molecule has 0 atom stereocenters. The first kappa shape index (κ1) is 24.1. The summed E-state index contributed by atoms with van der Waals surface area (Å²) in [5.74, 6) is 0.865. The number of thioether (sulfide) groups is 1. The lowest BCUT2D eigenvalue weighted by Gasteiger charge is -2.19. The summed E-state index contributed by atoms with van der Waals surface area (Å²) in [6.45, 7) is 4.56. The van der Waals surface area contributed by atoms with Crippen LogP contribution in [0.4, 0.5) is 4.39 Å². The first-order valence-corrected chi connectivity index (χ1v) is 11.8. The van der Waals surface area contributed by atoms with Crippen molar-refractivity contribution in [3.8, 4) is 5.75 Å². The van der Waals surface area contributed by atoms with E-state index in [-0.39, 0.29) is 36.7 Å². The van der Waals surface area contributed by atoms with Crippen LogP contribution in [0.2, 0.25) is 5.02 Å². The Labute approximate surface area is 196 Å². The van der Waals surface area contributed by atoms with Gasteiger partial charge in [0.25, 0.3) is 0 Å². The van der Waals surface area contributed by atoms with Crippen LogP contribution in [0.5, 0.6) is 5.75 Å². The molecule has 0 aliphatic carbocycles. The molecule has 0 saturated heterocycles. The van der Waals surface area contributed by atoms with Gasteiger partial charge in [-0.3, -0.25) is 4.79 Å². The zero-order valence-corrected chi connectivity index (χ0v) is 19.6. The molecule has 1 heterocycles. The van der Waals surface area contributed by atoms with Gasteiger partial charge in [-0.25, -0.2) is 4.39 Å². The molecule has 1 amide bonds. The number of halogens is 2. The number of aromatic nitrogens is 3. The number of carbonyl (C=O) groups excluding carboxylic acids is 1. The topological polar surface area (TPSA) is 69.0 Å². The van der Waals surface area contributed by atoms with Crippen molar-refractivity contribution in [2.75, 3.05) is 5.75 Å². The number of hydrogen-bond donors (Lipinski definition) is 1. The van der Waals surface area contributed by atoms with E-state index in [0.29, 0.717) is 27.3 Å². The summed E-state index contributed by atoms with van der Waals surface area (Å²) in [5.41, 5.74) is 0.449. The monoisotopic (exact) mass is 476 g/mol. The summed E-state index contributed by atoms with van der Waals surface area (Å²) in [7, 11) is 0. The van der Waals surface area contributed by atoms with Crippen molar-refractivity contribution in [3.63, 3.8) is 0 Å². The molecule has 0 aliphatic heterocycles. The Kier molecular flexibility index (Phi) is 8.93. The lowest BCUT2D eigenvalue weighted by molar-refractivity contribution is -0.118. The highest BCUT2D eigenvalue weighted by Crippen LogP contribution is 2.28. The average molecular weight is 477 g/mol. The number of nitrogens with zero attached hydrogens (tertiary/aromatic N) is 3. The van der Waals surface area contributed by atoms with Gasteiger partial charge in [0.15, 0.2) is 11.0 Å². The zero-order valence-electron chi connectivity index (χ0n) is 18.1. The number of para-hydroxylation sites is 1. The first-order chi connectivity index (χ1) is 15.5. The van der Waals surface area contributed by atoms with Crippen LogP contribution in [0.25, 0.3) is 0 Å². The molecule has 9 heteroatoms. The van der Waals surface area contributed by atoms with Gasteiger partial charge in [0.2, 0.25) is 5.91 Å². The predicted molar refractivity (Wildman–Crippen MR) is 124 cm³/mol. The van der Waals surface area contributed by atoms with Crippen LogP contribution in [0.1, 0.15) is 44.1 Å². The van der Waals surface area contributed by atoms with Crippen molar-refractivity contribution in [2.24, 2.45) is 0 Å². The number of amides is 1. The van der Waals surface area contributed by atoms with Crippen LogP contribution in [0.15, 0.2) is 53.7 Å². The number of carbonyl (C=O) groups is 1. The fraction of sp³-hybridized carbons (Fsp3) is 0.348. The van der Waals surface area contributed by atoms with Crippen LogP contribution < -0.4 is 10.1 Å². The van der Waals surface area contributed by atoms with Gasteiger partial charge in [-0.2, -0.15) is 0 Å². The molecule has 170 valence electrons. The third-order valence-corrected chi connectivity index (χ3v) is 6.26. The van der Waals surface area contributed by atoms with Gasteiger partial charge in [0.05, 0.1) is 10.8 Å². The minimum Gasteiger partial charge on any atom is -0.484 e. The number of benzene rings is 2. The Balaban J connectivity index is 1.65. The van der Waals surface area contributed by atoms with Crippen LogP contribution >= 0.6 is 23.4 Å². The van der Waals surface area contributed by atoms with Gasteiger partial charge in [0, 0.05) is 18.2 Å². The molecule has 0 radical (unpaired) electrons. The summed E-state index contributed by atoms with van der Waals surface area (Å²) in [6, 6.07) is 13.8. The van der Waals surface area contributed by atoms with Crippen LogP contribution in [-0.2, 0) is 17.9 Å². The van der Waals surface area contributed by atoms with Gasteiger partial charge in [-0.15, -0.1) is 10.2 Å². The quantitative estimate of drug-likeness (QED) is 0.374. The highest BCUT2D eigenvalue weighted by Gasteiger charge is 2.20. The molecule has 3 aromatic rings. The van der Waals surface area contributed by atoms with Crippen molar-refractivity contribution in [2.45, 2.75) is 51.0 Å². The van der Waals surface area contributed by atoms with E-state index < -0.39 is 0 Å². The second kappa shape index (κ2) is 11.9.